The number of alkyl halides is 2. The molecule has 47 heavy (non-hydrogen) atoms. The van der Waals surface area contributed by atoms with Crippen molar-refractivity contribution >= 4 is 35.2 Å². The lowest BCUT2D eigenvalue weighted by molar-refractivity contribution is -0.147. The normalized spacial score (nSPS) is 14.6. The summed E-state index contributed by atoms with van der Waals surface area (Å²) in [6.45, 7) is -0.932. The Balaban J connectivity index is 1.05. The fourth-order valence-electron chi connectivity index (χ4n) is 5.73. The van der Waals surface area contributed by atoms with Crippen molar-refractivity contribution in [3.8, 4) is 28.0 Å². The van der Waals surface area contributed by atoms with Crippen molar-refractivity contribution in [3.05, 3.63) is 106 Å². The molecule has 1 aromatic heterocycles. The van der Waals surface area contributed by atoms with Gasteiger partial charge in [0.05, 0.1) is 23.9 Å². The molecule has 8 nitrogen and oxygen atoms in total. The standard InChI is InChI=1S/C34H28Cl2F3N3O5/c35-20-12-25(31(27(36)13-20)46-16-30(38)39)19-11-28(37)29(41-14-19)9-10-40-32(43)34(17-45-18-34)42-33(44)47-15-26-23-7-3-1-5-21(23)22-6-2-4-8-24(22)26/h1-8,11-14,26,30H,9-10,15-18H2,(H,40,43)(H,42,44). The first-order valence-corrected chi connectivity index (χ1v) is 15.4. The molecule has 0 spiro atoms. The van der Waals surface area contributed by atoms with Crippen LogP contribution in [0.4, 0.5) is 18.0 Å². The number of halogens is 5. The number of pyridine rings is 1. The summed E-state index contributed by atoms with van der Waals surface area (Å²) >= 11 is 12.2. The number of hydrogen-bond donors (Lipinski definition) is 2. The van der Waals surface area contributed by atoms with Gasteiger partial charge in [0.25, 0.3) is 12.3 Å². The van der Waals surface area contributed by atoms with Crippen molar-refractivity contribution in [1.29, 1.82) is 0 Å². The SMILES string of the molecule is O=C(NC1(C(=O)NCCc2ncc(-c3cc(Cl)cc(Cl)c3OCC(F)F)cc2F)COC1)OCC1c2ccccc2-c2ccccc21. The van der Waals surface area contributed by atoms with Gasteiger partial charge in [0, 0.05) is 41.2 Å². The summed E-state index contributed by atoms with van der Waals surface area (Å²) in [7, 11) is 0. The van der Waals surface area contributed by atoms with Gasteiger partial charge in [-0.3, -0.25) is 9.78 Å². The van der Waals surface area contributed by atoms with Crippen LogP contribution >= 0.6 is 23.2 Å². The fraction of sp³-hybridized carbons (Fsp3) is 0.265. The second-order valence-electron chi connectivity index (χ2n) is 11.2. The van der Waals surface area contributed by atoms with Crippen LogP contribution in [0, 0.1) is 5.82 Å². The molecule has 3 aromatic carbocycles. The Kier molecular flexibility index (Phi) is 9.58. The van der Waals surface area contributed by atoms with E-state index in [-0.39, 0.29) is 71.3 Å². The number of aromatic nitrogens is 1. The largest absolute Gasteiger partial charge is 0.485 e. The molecule has 1 aliphatic carbocycles. The molecule has 13 heteroatoms. The molecule has 1 saturated heterocycles. The number of nitrogens with zero attached hydrogens (tertiary/aromatic N) is 1. The van der Waals surface area contributed by atoms with E-state index in [4.69, 9.17) is 37.4 Å². The van der Waals surface area contributed by atoms with Crippen molar-refractivity contribution in [3.63, 3.8) is 0 Å². The van der Waals surface area contributed by atoms with Crippen LogP contribution in [-0.2, 0) is 20.7 Å². The third-order valence-corrected chi connectivity index (χ3v) is 8.55. The van der Waals surface area contributed by atoms with E-state index in [0.717, 1.165) is 28.3 Å². The average molecular weight is 687 g/mol. The monoisotopic (exact) mass is 685 g/mol. The number of carbonyl (C=O) groups excluding carboxylic acids is 2. The number of amides is 2. The summed E-state index contributed by atoms with van der Waals surface area (Å²) in [6, 6.07) is 19.8. The molecule has 2 aliphatic rings. The summed E-state index contributed by atoms with van der Waals surface area (Å²) in [5.41, 5.74) is 3.43. The van der Waals surface area contributed by atoms with E-state index in [1.807, 2.05) is 48.5 Å². The molecule has 2 N–H and O–H groups in total. The highest BCUT2D eigenvalue weighted by Crippen LogP contribution is 2.44. The van der Waals surface area contributed by atoms with Crippen LogP contribution in [0.5, 0.6) is 5.75 Å². The predicted molar refractivity (Wildman–Crippen MR) is 170 cm³/mol. The zero-order chi connectivity index (χ0) is 33.1. The molecule has 0 atom stereocenters. The highest BCUT2D eigenvalue weighted by Gasteiger charge is 2.48. The number of rotatable bonds is 11. The zero-order valence-electron chi connectivity index (χ0n) is 24.7. The summed E-state index contributed by atoms with van der Waals surface area (Å²) in [6.07, 6.45) is -2.16. The Morgan fingerprint density at radius 2 is 1.68 bits per heavy atom. The lowest BCUT2D eigenvalue weighted by Crippen LogP contribution is -2.70. The van der Waals surface area contributed by atoms with Crippen LogP contribution in [0.15, 0.2) is 72.9 Å². The van der Waals surface area contributed by atoms with Crippen LogP contribution in [0.1, 0.15) is 22.7 Å². The van der Waals surface area contributed by atoms with E-state index < -0.39 is 36.4 Å². The molecular formula is C34H28Cl2F3N3O5. The van der Waals surface area contributed by atoms with Crippen molar-refractivity contribution < 1.29 is 37.0 Å². The average Bonchev–Trinajstić information content (AvgIpc) is 3.35. The van der Waals surface area contributed by atoms with Gasteiger partial charge in [0.2, 0.25) is 0 Å². The Morgan fingerprint density at radius 1 is 1.00 bits per heavy atom. The maximum Gasteiger partial charge on any atom is 0.408 e. The maximum absolute atomic E-state index is 15.1. The van der Waals surface area contributed by atoms with Gasteiger partial charge in [-0.05, 0) is 40.5 Å². The number of hydrogen-bond acceptors (Lipinski definition) is 6. The van der Waals surface area contributed by atoms with E-state index in [1.54, 1.807) is 0 Å². The third kappa shape index (κ3) is 6.88. The quantitative estimate of drug-likeness (QED) is 0.180. The molecule has 2 amide bonds. The smallest absolute Gasteiger partial charge is 0.408 e. The lowest BCUT2D eigenvalue weighted by atomic mass is 9.96. The minimum absolute atomic E-state index is 0.00195. The van der Waals surface area contributed by atoms with Gasteiger partial charge < -0.3 is 24.8 Å². The van der Waals surface area contributed by atoms with Gasteiger partial charge in [0.15, 0.2) is 5.54 Å². The molecule has 0 bridgehead atoms. The minimum Gasteiger partial charge on any atom is -0.485 e. The molecule has 1 fully saturated rings. The van der Waals surface area contributed by atoms with Crippen LogP contribution in [-0.4, -0.2) is 61.9 Å². The van der Waals surface area contributed by atoms with E-state index in [9.17, 15) is 18.4 Å². The first-order valence-electron chi connectivity index (χ1n) is 14.7. The van der Waals surface area contributed by atoms with E-state index >= 15 is 4.39 Å². The van der Waals surface area contributed by atoms with Gasteiger partial charge in [-0.2, -0.15) is 0 Å². The maximum atomic E-state index is 15.1. The van der Waals surface area contributed by atoms with Crippen LogP contribution < -0.4 is 15.4 Å². The lowest BCUT2D eigenvalue weighted by Gasteiger charge is -2.39. The number of alkyl carbamates (subject to hydrolysis) is 1. The van der Waals surface area contributed by atoms with Crippen LogP contribution in [0.2, 0.25) is 10.0 Å². The summed E-state index contributed by atoms with van der Waals surface area (Å²) in [5.74, 6) is -1.43. The van der Waals surface area contributed by atoms with Crippen LogP contribution in [0.25, 0.3) is 22.3 Å². The molecule has 0 radical (unpaired) electrons. The van der Waals surface area contributed by atoms with Gasteiger partial charge in [-0.25, -0.2) is 18.0 Å². The van der Waals surface area contributed by atoms with Crippen molar-refractivity contribution in [2.24, 2.45) is 0 Å². The van der Waals surface area contributed by atoms with E-state index in [2.05, 4.69) is 15.6 Å². The van der Waals surface area contributed by atoms with Crippen LogP contribution in [0.3, 0.4) is 0 Å². The molecule has 1 aliphatic heterocycles. The number of ether oxygens (including phenoxy) is 3. The van der Waals surface area contributed by atoms with E-state index in [0.29, 0.717) is 0 Å². The zero-order valence-corrected chi connectivity index (χ0v) is 26.2. The van der Waals surface area contributed by atoms with Crippen molar-refractivity contribution in [2.75, 3.05) is 33.0 Å². The van der Waals surface area contributed by atoms with Gasteiger partial charge in [0.1, 0.15) is 24.8 Å². The highest BCUT2D eigenvalue weighted by molar-refractivity contribution is 6.36. The topological polar surface area (TPSA) is 98.8 Å². The molecule has 0 unspecified atom stereocenters. The summed E-state index contributed by atoms with van der Waals surface area (Å²) < 4.78 is 56.6. The second kappa shape index (κ2) is 13.8. The molecule has 244 valence electrons. The first kappa shape index (κ1) is 32.6. The van der Waals surface area contributed by atoms with E-state index in [1.165, 1.54) is 18.3 Å². The second-order valence-corrected chi connectivity index (χ2v) is 12.0. The number of carbonyl (C=O) groups is 2. The van der Waals surface area contributed by atoms with Crippen molar-refractivity contribution in [2.45, 2.75) is 24.3 Å². The third-order valence-electron chi connectivity index (χ3n) is 8.05. The predicted octanol–water partition coefficient (Wildman–Crippen LogP) is 6.80. The Labute approximate surface area is 278 Å². The highest BCUT2D eigenvalue weighted by atomic mass is 35.5. The Morgan fingerprint density at radius 3 is 2.30 bits per heavy atom. The Bertz CT molecular complexity index is 1780. The summed E-state index contributed by atoms with van der Waals surface area (Å²) in [5, 5.41) is 5.54. The number of nitrogens with one attached hydrogen (secondary N) is 2. The Hall–Kier alpha value is -4.32. The van der Waals surface area contributed by atoms with Crippen molar-refractivity contribution in [1.82, 2.24) is 15.6 Å². The summed E-state index contributed by atoms with van der Waals surface area (Å²) in [4.78, 5) is 30.2. The molecule has 2 heterocycles. The number of benzene rings is 3. The molecule has 0 saturated carbocycles. The first-order chi connectivity index (χ1) is 22.6. The molecule has 4 aromatic rings. The van der Waals surface area contributed by atoms with Gasteiger partial charge in [-0.1, -0.05) is 71.7 Å². The molecular weight excluding hydrogens is 658 g/mol. The number of fused-ring (bicyclic) bond motifs is 3. The fourth-order valence-corrected chi connectivity index (χ4v) is 6.27. The van der Waals surface area contributed by atoms with Gasteiger partial charge in [-0.15, -0.1) is 0 Å². The van der Waals surface area contributed by atoms with Gasteiger partial charge >= 0.3 is 6.09 Å². The molecule has 6 rings (SSSR count). The minimum atomic E-state index is -2.75.